The van der Waals surface area contributed by atoms with E-state index in [1.165, 1.54) is 0 Å². The zero-order valence-electron chi connectivity index (χ0n) is 11.2. The highest BCUT2D eigenvalue weighted by Crippen LogP contribution is 2.22. The van der Waals surface area contributed by atoms with Crippen molar-refractivity contribution in [2.75, 3.05) is 18.9 Å². The largest absolute Gasteiger partial charge is 0.399 e. The van der Waals surface area contributed by atoms with Crippen LogP contribution >= 0.6 is 15.9 Å². The molecule has 1 aliphatic rings. The predicted molar refractivity (Wildman–Crippen MR) is 79.1 cm³/mol. The molecule has 1 fully saturated rings. The Kier molecular flexibility index (Phi) is 4.47. The minimum Gasteiger partial charge on any atom is -0.399 e. The van der Waals surface area contributed by atoms with E-state index < -0.39 is 0 Å². The Morgan fingerprint density at radius 2 is 2.26 bits per heavy atom. The molecule has 104 valence electrons. The van der Waals surface area contributed by atoms with Gasteiger partial charge in [0.1, 0.15) is 0 Å². The number of morpholine rings is 1. The van der Waals surface area contributed by atoms with Gasteiger partial charge >= 0.3 is 0 Å². The first-order chi connectivity index (χ1) is 9.01. The van der Waals surface area contributed by atoms with E-state index in [1.807, 2.05) is 17.9 Å². The van der Waals surface area contributed by atoms with Gasteiger partial charge in [-0.25, -0.2) is 0 Å². The molecule has 1 heterocycles. The average Bonchev–Trinajstić information content (AvgIpc) is 2.36. The van der Waals surface area contributed by atoms with Crippen molar-refractivity contribution in [3.05, 3.63) is 28.2 Å². The lowest BCUT2D eigenvalue weighted by molar-refractivity contribution is -0.0444. The molecule has 19 heavy (non-hydrogen) atoms. The van der Waals surface area contributed by atoms with E-state index >= 15 is 0 Å². The summed E-state index contributed by atoms with van der Waals surface area (Å²) in [6.45, 7) is 5.29. The van der Waals surface area contributed by atoms with Crippen LogP contribution in [-0.4, -0.2) is 36.1 Å². The maximum atomic E-state index is 12.6. The first-order valence-corrected chi connectivity index (χ1v) is 7.29. The summed E-state index contributed by atoms with van der Waals surface area (Å²) in [5, 5.41) is 0. The molecule has 2 rings (SSSR count). The molecule has 1 aliphatic heterocycles. The van der Waals surface area contributed by atoms with Crippen molar-refractivity contribution >= 4 is 27.5 Å². The van der Waals surface area contributed by atoms with E-state index in [2.05, 4.69) is 22.9 Å². The molecule has 0 radical (unpaired) electrons. The van der Waals surface area contributed by atoms with Gasteiger partial charge in [0.15, 0.2) is 0 Å². The minimum atomic E-state index is 0.0231. The summed E-state index contributed by atoms with van der Waals surface area (Å²) in [6, 6.07) is 5.46. The highest BCUT2D eigenvalue weighted by Gasteiger charge is 2.30. The lowest BCUT2D eigenvalue weighted by atomic mass is 10.1. The van der Waals surface area contributed by atoms with Crippen molar-refractivity contribution in [3.63, 3.8) is 0 Å². The van der Waals surface area contributed by atoms with Crippen molar-refractivity contribution in [2.45, 2.75) is 32.4 Å². The minimum absolute atomic E-state index is 0.0231. The molecule has 0 bridgehead atoms. The zero-order valence-corrected chi connectivity index (χ0v) is 12.8. The monoisotopic (exact) mass is 326 g/mol. The summed E-state index contributed by atoms with van der Waals surface area (Å²) >= 11 is 3.37. The number of amides is 1. The molecule has 1 aromatic rings. The highest BCUT2D eigenvalue weighted by molar-refractivity contribution is 9.10. The van der Waals surface area contributed by atoms with Crippen LogP contribution in [0.25, 0.3) is 0 Å². The number of nitrogens with two attached hydrogens (primary N) is 1. The van der Waals surface area contributed by atoms with Crippen LogP contribution in [0.1, 0.15) is 30.6 Å². The molecule has 0 aliphatic carbocycles. The molecular formula is C14H19BrN2O2. The first-order valence-electron chi connectivity index (χ1n) is 6.50. The van der Waals surface area contributed by atoms with Crippen molar-refractivity contribution in [1.82, 2.24) is 4.90 Å². The molecule has 1 saturated heterocycles. The van der Waals surface area contributed by atoms with Crippen molar-refractivity contribution in [3.8, 4) is 0 Å². The molecule has 0 spiro atoms. The van der Waals surface area contributed by atoms with Gasteiger partial charge < -0.3 is 15.4 Å². The normalized spacial score (nSPS) is 23.4. The molecule has 1 aromatic carbocycles. The molecule has 5 heteroatoms. The van der Waals surface area contributed by atoms with Gasteiger partial charge in [0.2, 0.25) is 0 Å². The summed E-state index contributed by atoms with van der Waals surface area (Å²) in [6.07, 6.45) is 0.971. The smallest absolute Gasteiger partial charge is 0.254 e. The van der Waals surface area contributed by atoms with Gasteiger partial charge in [0.25, 0.3) is 5.91 Å². The Hall–Kier alpha value is -1.07. The molecule has 4 nitrogen and oxygen atoms in total. The fourth-order valence-corrected chi connectivity index (χ4v) is 2.84. The first kappa shape index (κ1) is 14.3. The van der Waals surface area contributed by atoms with E-state index in [1.54, 1.807) is 12.1 Å². The molecule has 2 N–H and O–H groups in total. The fourth-order valence-electron chi connectivity index (χ4n) is 2.33. The summed E-state index contributed by atoms with van der Waals surface area (Å²) in [4.78, 5) is 14.5. The molecule has 1 amide bonds. The number of hydrogen-bond donors (Lipinski definition) is 1. The van der Waals surface area contributed by atoms with Crippen LogP contribution in [0.3, 0.4) is 0 Å². The Balaban J connectivity index is 2.25. The summed E-state index contributed by atoms with van der Waals surface area (Å²) in [7, 11) is 0. The third kappa shape index (κ3) is 3.28. The van der Waals surface area contributed by atoms with Crippen LogP contribution < -0.4 is 5.73 Å². The van der Waals surface area contributed by atoms with Crippen LogP contribution in [0.4, 0.5) is 5.69 Å². The van der Waals surface area contributed by atoms with Crippen LogP contribution in [0.15, 0.2) is 22.7 Å². The van der Waals surface area contributed by atoms with Gasteiger partial charge in [0.05, 0.1) is 18.8 Å². The average molecular weight is 327 g/mol. The number of halogens is 1. The summed E-state index contributed by atoms with van der Waals surface area (Å²) < 4.78 is 6.44. The SMILES string of the molecule is CCC1COC(C)CN1C(=O)c1cc(N)cc(Br)c1. The summed E-state index contributed by atoms with van der Waals surface area (Å²) in [5.74, 6) is 0.0231. The van der Waals surface area contributed by atoms with E-state index in [0.717, 1.165) is 10.9 Å². The molecule has 2 atom stereocenters. The second-order valence-corrected chi connectivity index (χ2v) is 5.85. The quantitative estimate of drug-likeness (QED) is 0.850. The maximum Gasteiger partial charge on any atom is 0.254 e. The zero-order chi connectivity index (χ0) is 14.0. The summed E-state index contributed by atoms with van der Waals surface area (Å²) in [5.41, 5.74) is 7.01. The van der Waals surface area contributed by atoms with Gasteiger partial charge in [-0.15, -0.1) is 0 Å². The van der Waals surface area contributed by atoms with E-state index in [9.17, 15) is 4.79 Å². The van der Waals surface area contributed by atoms with Gasteiger partial charge in [0, 0.05) is 22.3 Å². The van der Waals surface area contributed by atoms with Crippen molar-refractivity contribution in [2.24, 2.45) is 0 Å². The highest BCUT2D eigenvalue weighted by atomic mass is 79.9. The van der Waals surface area contributed by atoms with Crippen molar-refractivity contribution in [1.29, 1.82) is 0 Å². The van der Waals surface area contributed by atoms with Crippen LogP contribution in [0.2, 0.25) is 0 Å². The number of carbonyl (C=O) groups is 1. The second kappa shape index (κ2) is 5.92. The van der Waals surface area contributed by atoms with Gasteiger partial charge in [-0.05, 0) is 31.5 Å². The lowest BCUT2D eigenvalue weighted by Crippen LogP contribution is -2.51. The number of rotatable bonds is 2. The Morgan fingerprint density at radius 3 is 2.89 bits per heavy atom. The van der Waals surface area contributed by atoms with E-state index in [4.69, 9.17) is 10.5 Å². The Labute approximate surface area is 122 Å². The van der Waals surface area contributed by atoms with Gasteiger partial charge in [-0.2, -0.15) is 0 Å². The third-order valence-corrected chi connectivity index (χ3v) is 3.82. The number of nitrogen functional groups attached to an aromatic ring is 1. The van der Waals surface area contributed by atoms with Gasteiger partial charge in [-0.3, -0.25) is 4.79 Å². The van der Waals surface area contributed by atoms with Crippen LogP contribution in [0, 0.1) is 0 Å². The standard InChI is InChI=1S/C14H19BrN2O2/c1-3-13-8-19-9(2)7-17(13)14(18)10-4-11(15)6-12(16)5-10/h4-6,9,13H,3,7-8,16H2,1-2H3. The van der Waals surface area contributed by atoms with Crippen molar-refractivity contribution < 1.29 is 9.53 Å². The topological polar surface area (TPSA) is 55.6 Å². The number of hydrogen-bond acceptors (Lipinski definition) is 3. The second-order valence-electron chi connectivity index (χ2n) is 4.94. The molecule has 0 aromatic heterocycles. The fraction of sp³-hybridized carbons (Fsp3) is 0.500. The van der Waals surface area contributed by atoms with Gasteiger partial charge in [-0.1, -0.05) is 22.9 Å². The molecule has 2 unspecified atom stereocenters. The van der Waals surface area contributed by atoms with E-state index in [0.29, 0.717) is 24.4 Å². The number of benzene rings is 1. The Morgan fingerprint density at radius 1 is 1.53 bits per heavy atom. The predicted octanol–water partition coefficient (Wildman–Crippen LogP) is 2.67. The molecular weight excluding hydrogens is 308 g/mol. The Bertz CT molecular complexity index is 458. The maximum absolute atomic E-state index is 12.6. The van der Waals surface area contributed by atoms with Crippen LogP contribution in [0.5, 0.6) is 0 Å². The number of carbonyl (C=O) groups excluding carboxylic acids is 1. The van der Waals surface area contributed by atoms with E-state index in [-0.39, 0.29) is 18.1 Å². The third-order valence-electron chi connectivity index (χ3n) is 3.37. The van der Waals surface area contributed by atoms with Crippen LogP contribution in [-0.2, 0) is 4.74 Å². The number of anilines is 1. The lowest BCUT2D eigenvalue weighted by Gasteiger charge is -2.38. The molecule has 0 saturated carbocycles. The number of ether oxygens (including phenoxy) is 1. The number of nitrogens with zero attached hydrogens (tertiary/aromatic N) is 1.